The topological polar surface area (TPSA) is 60.5 Å². The van der Waals surface area contributed by atoms with Gasteiger partial charge in [0.2, 0.25) is 0 Å². The summed E-state index contributed by atoms with van der Waals surface area (Å²) in [5, 5.41) is 3.53. The maximum atomic E-state index is 12.5. The molecule has 22 heavy (non-hydrogen) atoms. The molecule has 0 unspecified atom stereocenters. The highest BCUT2D eigenvalue weighted by molar-refractivity contribution is 7.15. The average Bonchev–Trinajstić information content (AvgIpc) is 2.95. The molecule has 0 saturated heterocycles. The Balaban J connectivity index is 1.84. The van der Waals surface area contributed by atoms with E-state index in [2.05, 4.69) is 10.3 Å². The second-order valence-corrected chi connectivity index (χ2v) is 6.17. The Morgan fingerprint density at radius 2 is 2.05 bits per heavy atom. The van der Waals surface area contributed by atoms with Crippen molar-refractivity contribution in [2.24, 2.45) is 0 Å². The fourth-order valence-electron chi connectivity index (χ4n) is 2.64. The molecule has 1 aromatic heterocycles. The van der Waals surface area contributed by atoms with E-state index in [0.29, 0.717) is 22.2 Å². The van der Waals surface area contributed by atoms with Gasteiger partial charge in [0.15, 0.2) is 16.6 Å². The van der Waals surface area contributed by atoms with Gasteiger partial charge in [0.1, 0.15) is 0 Å². The number of aromatic nitrogens is 1. The number of ether oxygens (including phenoxy) is 2. The number of aryl methyl sites for hydroxylation is 2. The quantitative estimate of drug-likeness (QED) is 0.939. The van der Waals surface area contributed by atoms with Crippen LogP contribution in [0.3, 0.4) is 0 Å². The van der Waals surface area contributed by atoms with Gasteiger partial charge < -0.3 is 9.47 Å². The highest BCUT2D eigenvalue weighted by Gasteiger charge is 2.20. The molecule has 0 fully saturated rings. The van der Waals surface area contributed by atoms with Gasteiger partial charge in [0.05, 0.1) is 25.5 Å². The molecule has 0 saturated carbocycles. The predicted octanol–water partition coefficient (Wildman–Crippen LogP) is 3.29. The molecule has 6 heteroatoms. The number of amides is 1. The first-order chi connectivity index (χ1) is 10.7. The molecular weight excluding hydrogens is 300 g/mol. The number of nitrogens with zero attached hydrogens (tertiary/aromatic N) is 1. The molecule has 0 radical (unpaired) electrons. The summed E-state index contributed by atoms with van der Waals surface area (Å²) < 4.78 is 10.5. The average molecular weight is 318 g/mol. The molecule has 1 heterocycles. The molecule has 5 nitrogen and oxygen atoms in total. The fourth-order valence-corrected chi connectivity index (χ4v) is 3.68. The molecule has 3 rings (SSSR count). The Morgan fingerprint density at radius 3 is 2.77 bits per heavy atom. The maximum absolute atomic E-state index is 12.5. The third kappa shape index (κ3) is 2.78. The summed E-state index contributed by atoms with van der Waals surface area (Å²) in [6, 6.07) is 5.24. The summed E-state index contributed by atoms with van der Waals surface area (Å²) in [5.74, 6) is 0.735. The van der Waals surface area contributed by atoms with E-state index in [4.69, 9.17) is 9.47 Å². The van der Waals surface area contributed by atoms with Crippen molar-refractivity contribution in [3.63, 3.8) is 0 Å². The van der Waals surface area contributed by atoms with E-state index in [9.17, 15) is 4.79 Å². The lowest BCUT2D eigenvalue weighted by atomic mass is 10.0. The van der Waals surface area contributed by atoms with E-state index in [1.807, 2.05) is 0 Å². The number of nitrogens with one attached hydrogen (secondary N) is 1. The highest BCUT2D eigenvalue weighted by atomic mass is 32.1. The maximum Gasteiger partial charge on any atom is 0.261 e. The van der Waals surface area contributed by atoms with Crippen molar-refractivity contribution in [2.45, 2.75) is 25.7 Å². The number of methoxy groups -OCH3 is 2. The van der Waals surface area contributed by atoms with E-state index in [1.165, 1.54) is 24.8 Å². The third-order valence-corrected chi connectivity index (χ3v) is 4.79. The number of benzene rings is 1. The van der Waals surface area contributed by atoms with Crippen LogP contribution in [-0.4, -0.2) is 25.1 Å². The van der Waals surface area contributed by atoms with Crippen molar-refractivity contribution in [3.8, 4) is 11.5 Å². The summed E-state index contributed by atoms with van der Waals surface area (Å²) >= 11 is 1.57. The van der Waals surface area contributed by atoms with E-state index < -0.39 is 0 Å². The lowest BCUT2D eigenvalue weighted by Gasteiger charge is -2.11. The van der Waals surface area contributed by atoms with Crippen LogP contribution in [0, 0.1) is 0 Å². The molecule has 1 aliphatic rings. The van der Waals surface area contributed by atoms with E-state index >= 15 is 0 Å². The Labute approximate surface area is 133 Å². The number of anilines is 1. The zero-order chi connectivity index (χ0) is 15.5. The number of rotatable bonds is 4. The number of fused-ring (bicyclic) bond motifs is 1. The van der Waals surface area contributed by atoms with Gasteiger partial charge in [0, 0.05) is 4.88 Å². The van der Waals surface area contributed by atoms with Crippen LogP contribution in [0.15, 0.2) is 18.2 Å². The minimum Gasteiger partial charge on any atom is -0.493 e. The Kier molecular flexibility index (Phi) is 4.29. The number of para-hydroxylation sites is 1. The van der Waals surface area contributed by atoms with Crippen LogP contribution in [0.25, 0.3) is 0 Å². The normalized spacial score (nSPS) is 13.4. The Hall–Kier alpha value is -2.08. The van der Waals surface area contributed by atoms with Crippen molar-refractivity contribution in [1.29, 1.82) is 0 Å². The molecule has 116 valence electrons. The molecule has 0 atom stereocenters. The molecule has 0 aliphatic heterocycles. The summed E-state index contributed by atoms with van der Waals surface area (Å²) in [5.41, 5.74) is 1.57. The van der Waals surface area contributed by atoms with Crippen LogP contribution in [0.4, 0.5) is 5.13 Å². The molecule has 1 aliphatic carbocycles. The second kappa shape index (κ2) is 6.36. The van der Waals surface area contributed by atoms with Crippen molar-refractivity contribution in [1.82, 2.24) is 4.98 Å². The van der Waals surface area contributed by atoms with Crippen LogP contribution in [0.2, 0.25) is 0 Å². The summed E-state index contributed by atoms with van der Waals surface area (Å²) in [6.45, 7) is 0. The fraction of sp³-hybridized carbons (Fsp3) is 0.375. The number of hydrogen-bond acceptors (Lipinski definition) is 5. The third-order valence-electron chi connectivity index (χ3n) is 3.71. The molecule has 1 N–H and O–H groups in total. The van der Waals surface area contributed by atoms with E-state index in [-0.39, 0.29) is 5.91 Å². The van der Waals surface area contributed by atoms with Crippen molar-refractivity contribution in [3.05, 3.63) is 34.3 Å². The largest absolute Gasteiger partial charge is 0.493 e. The first-order valence-electron chi connectivity index (χ1n) is 7.24. The van der Waals surface area contributed by atoms with Crippen LogP contribution in [0.5, 0.6) is 11.5 Å². The van der Waals surface area contributed by atoms with Gasteiger partial charge in [-0.25, -0.2) is 4.98 Å². The lowest BCUT2D eigenvalue weighted by Crippen LogP contribution is -2.13. The SMILES string of the molecule is COc1cccc(C(=O)Nc2nc3c(s2)CCCC3)c1OC. The van der Waals surface area contributed by atoms with Crippen LogP contribution >= 0.6 is 11.3 Å². The van der Waals surface area contributed by atoms with Crippen molar-refractivity contribution < 1.29 is 14.3 Å². The zero-order valence-electron chi connectivity index (χ0n) is 12.6. The highest BCUT2D eigenvalue weighted by Crippen LogP contribution is 2.33. The summed E-state index contributed by atoms with van der Waals surface area (Å²) in [4.78, 5) is 18.3. The first-order valence-corrected chi connectivity index (χ1v) is 8.05. The van der Waals surface area contributed by atoms with Gasteiger partial charge in [-0.3, -0.25) is 10.1 Å². The van der Waals surface area contributed by atoms with Gasteiger partial charge in [-0.05, 0) is 37.8 Å². The van der Waals surface area contributed by atoms with E-state index in [0.717, 1.165) is 18.5 Å². The van der Waals surface area contributed by atoms with Crippen LogP contribution in [0.1, 0.15) is 33.8 Å². The number of thiazole rings is 1. The van der Waals surface area contributed by atoms with Crippen molar-refractivity contribution in [2.75, 3.05) is 19.5 Å². The van der Waals surface area contributed by atoms with Gasteiger partial charge >= 0.3 is 0 Å². The minimum absolute atomic E-state index is 0.234. The Morgan fingerprint density at radius 1 is 1.23 bits per heavy atom. The summed E-state index contributed by atoms with van der Waals surface area (Å²) in [7, 11) is 3.07. The molecule has 2 aromatic rings. The molecule has 1 amide bonds. The smallest absolute Gasteiger partial charge is 0.261 e. The zero-order valence-corrected chi connectivity index (χ0v) is 13.5. The van der Waals surface area contributed by atoms with E-state index in [1.54, 1.807) is 36.6 Å². The van der Waals surface area contributed by atoms with Crippen molar-refractivity contribution >= 4 is 22.4 Å². The summed E-state index contributed by atoms with van der Waals surface area (Å²) in [6.07, 6.45) is 4.44. The molecule has 0 spiro atoms. The minimum atomic E-state index is -0.234. The lowest BCUT2D eigenvalue weighted by molar-refractivity contribution is 0.102. The van der Waals surface area contributed by atoms with Gasteiger partial charge in [0.25, 0.3) is 5.91 Å². The monoisotopic (exact) mass is 318 g/mol. The standard InChI is InChI=1S/C16H18N2O3S/c1-20-12-8-5-6-10(14(12)21-2)15(19)18-16-17-11-7-3-4-9-13(11)22-16/h5-6,8H,3-4,7,9H2,1-2H3,(H,17,18,19). The predicted molar refractivity (Wildman–Crippen MR) is 86.3 cm³/mol. The number of hydrogen-bond donors (Lipinski definition) is 1. The molecular formula is C16H18N2O3S. The second-order valence-electron chi connectivity index (χ2n) is 5.09. The van der Waals surface area contributed by atoms with Crippen LogP contribution < -0.4 is 14.8 Å². The number of carbonyl (C=O) groups is 1. The van der Waals surface area contributed by atoms with Gasteiger partial charge in [-0.15, -0.1) is 11.3 Å². The number of carbonyl (C=O) groups excluding carboxylic acids is 1. The molecule has 1 aromatic carbocycles. The molecule has 0 bridgehead atoms. The van der Waals surface area contributed by atoms with Gasteiger partial charge in [-0.1, -0.05) is 6.07 Å². The Bertz CT molecular complexity index is 673. The van der Waals surface area contributed by atoms with Crippen LogP contribution in [-0.2, 0) is 12.8 Å². The first kappa shape index (κ1) is 14.8. The van der Waals surface area contributed by atoms with Gasteiger partial charge in [-0.2, -0.15) is 0 Å².